The number of hydrogen-bond donors (Lipinski definition) is 3. The molecule has 0 aliphatic rings. The minimum atomic E-state index is -0.761. The van der Waals surface area contributed by atoms with Crippen molar-refractivity contribution in [1.82, 2.24) is 10.3 Å². The van der Waals surface area contributed by atoms with Crippen molar-refractivity contribution in [3.63, 3.8) is 0 Å². The Balaban J connectivity index is 2.03. The van der Waals surface area contributed by atoms with Crippen LogP contribution in [0.4, 0.5) is 5.13 Å². The number of nitrogens with zero attached hydrogens (tertiary/aromatic N) is 1. The minimum Gasteiger partial charge on any atom is -0.481 e. The Labute approximate surface area is 116 Å². The lowest BCUT2D eigenvalue weighted by Crippen LogP contribution is -2.29. The van der Waals surface area contributed by atoms with E-state index in [4.69, 9.17) is 5.11 Å². The quantitative estimate of drug-likeness (QED) is 0.599. The van der Waals surface area contributed by atoms with E-state index >= 15 is 0 Å². The van der Waals surface area contributed by atoms with Gasteiger partial charge in [0.2, 0.25) is 5.91 Å². The Hall–Kier alpha value is -1.47. The normalized spacial score (nSPS) is 12.1. The molecule has 1 unspecified atom stereocenters. The van der Waals surface area contributed by atoms with Gasteiger partial charge in [-0.2, -0.15) is 0 Å². The second-order valence-electron chi connectivity index (χ2n) is 4.39. The highest BCUT2D eigenvalue weighted by molar-refractivity contribution is 7.13. The van der Waals surface area contributed by atoms with E-state index in [1.165, 1.54) is 11.3 Å². The molecule has 106 valence electrons. The summed E-state index contributed by atoms with van der Waals surface area (Å²) in [5, 5.41) is 16.7. The van der Waals surface area contributed by atoms with Crippen molar-refractivity contribution in [2.45, 2.75) is 26.2 Å². The number of rotatable bonds is 9. The van der Waals surface area contributed by atoms with Crippen LogP contribution in [0, 0.1) is 5.92 Å². The topological polar surface area (TPSA) is 91.3 Å². The second-order valence-corrected chi connectivity index (χ2v) is 5.28. The summed E-state index contributed by atoms with van der Waals surface area (Å²) in [5.74, 6) is -0.540. The largest absolute Gasteiger partial charge is 0.481 e. The van der Waals surface area contributed by atoms with Gasteiger partial charge in [0, 0.05) is 18.0 Å². The smallest absolute Gasteiger partial charge is 0.303 e. The maximum absolute atomic E-state index is 11.5. The van der Waals surface area contributed by atoms with Crippen LogP contribution in [0.25, 0.3) is 0 Å². The maximum Gasteiger partial charge on any atom is 0.303 e. The molecule has 7 heteroatoms. The summed E-state index contributed by atoms with van der Waals surface area (Å²) in [6.45, 7) is 2.96. The zero-order chi connectivity index (χ0) is 14.1. The summed E-state index contributed by atoms with van der Waals surface area (Å²) in [5.41, 5.74) is 0. The van der Waals surface area contributed by atoms with Gasteiger partial charge < -0.3 is 15.7 Å². The molecule has 0 radical (unpaired) electrons. The number of thiazole rings is 1. The Morgan fingerprint density at radius 1 is 1.47 bits per heavy atom. The lowest BCUT2D eigenvalue weighted by atomic mass is 10.0. The summed E-state index contributed by atoms with van der Waals surface area (Å²) in [4.78, 5) is 25.8. The summed E-state index contributed by atoms with van der Waals surface area (Å²) in [7, 11) is 0. The highest BCUT2D eigenvalue weighted by Gasteiger charge is 2.06. The highest BCUT2D eigenvalue weighted by atomic mass is 32.1. The fourth-order valence-electron chi connectivity index (χ4n) is 1.51. The molecule has 0 fully saturated rings. The number of carbonyl (C=O) groups excluding carboxylic acids is 1. The Bertz CT molecular complexity index is 395. The monoisotopic (exact) mass is 285 g/mol. The highest BCUT2D eigenvalue weighted by Crippen LogP contribution is 2.10. The number of aromatic nitrogens is 1. The van der Waals surface area contributed by atoms with Crippen molar-refractivity contribution in [3.8, 4) is 0 Å². The van der Waals surface area contributed by atoms with E-state index in [-0.39, 0.29) is 18.9 Å². The third-order valence-corrected chi connectivity index (χ3v) is 3.32. The van der Waals surface area contributed by atoms with E-state index in [0.29, 0.717) is 24.0 Å². The maximum atomic E-state index is 11.5. The van der Waals surface area contributed by atoms with Crippen molar-refractivity contribution in [2.75, 3.05) is 18.4 Å². The molecule has 0 spiro atoms. The number of nitrogens with one attached hydrogen (secondary N) is 2. The van der Waals surface area contributed by atoms with E-state index in [9.17, 15) is 9.59 Å². The van der Waals surface area contributed by atoms with Gasteiger partial charge in [-0.25, -0.2) is 4.98 Å². The van der Waals surface area contributed by atoms with Crippen molar-refractivity contribution in [1.29, 1.82) is 0 Å². The van der Waals surface area contributed by atoms with Crippen molar-refractivity contribution < 1.29 is 14.7 Å². The van der Waals surface area contributed by atoms with Crippen LogP contribution >= 0.6 is 11.3 Å². The zero-order valence-corrected chi connectivity index (χ0v) is 11.7. The van der Waals surface area contributed by atoms with Crippen LogP contribution in [0.1, 0.15) is 26.2 Å². The SMILES string of the molecule is CC(CCNCC(=O)Nc1nccs1)CCC(=O)O. The summed E-state index contributed by atoms with van der Waals surface area (Å²) in [6, 6.07) is 0. The van der Waals surface area contributed by atoms with Gasteiger partial charge in [-0.15, -0.1) is 11.3 Å². The molecule has 0 bridgehead atoms. The predicted octanol–water partition coefficient (Wildman–Crippen LogP) is 1.56. The van der Waals surface area contributed by atoms with Gasteiger partial charge in [-0.1, -0.05) is 6.92 Å². The molecule has 19 heavy (non-hydrogen) atoms. The molecule has 1 aromatic heterocycles. The summed E-state index contributed by atoms with van der Waals surface area (Å²) in [6.07, 6.45) is 3.36. The second kappa shape index (κ2) is 8.60. The molecule has 0 saturated heterocycles. The van der Waals surface area contributed by atoms with Gasteiger partial charge in [0.05, 0.1) is 6.54 Å². The fourth-order valence-corrected chi connectivity index (χ4v) is 2.06. The standard InChI is InChI=1S/C12H19N3O3S/c1-9(2-3-11(17)18)4-5-13-8-10(16)15-12-14-6-7-19-12/h6-7,9,13H,2-5,8H2,1H3,(H,17,18)(H,14,15,16). The van der Waals surface area contributed by atoms with Gasteiger partial charge in [0.15, 0.2) is 5.13 Å². The molecular weight excluding hydrogens is 266 g/mol. The van der Waals surface area contributed by atoms with Crippen LogP contribution in [0.3, 0.4) is 0 Å². The Kier molecular flexibility index (Phi) is 7.06. The molecule has 1 aromatic rings. The van der Waals surface area contributed by atoms with Gasteiger partial charge in [-0.05, 0) is 25.3 Å². The first-order chi connectivity index (χ1) is 9.08. The first kappa shape index (κ1) is 15.6. The van der Waals surface area contributed by atoms with Crippen molar-refractivity contribution in [3.05, 3.63) is 11.6 Å². The third-order valence-electron chi connectivity index (χ3n) is 2.63. The Morgan fingerprint density at radius 3 is 2.89 bits per heavy atom. The summed E-state index contributed by atoms with van der Waals surface area (Å²) < 4.78 is 0. The van der Waals surface area contributed by atoms with E-state index in [1.807, 2.05) is 6.92 Å². The first-order valence-electron chi connectivity index (χ1n) is 6.19. The lowest BCUT2D eigenvalue weighted by molar-refractivity contribution is -0.137. The average Bonchev–Trinajstić information content (AvgIpc) is 2.85. The number of carboxylic acid groups (broad SMARTS) is 1. The van der Waals surface area contributed by atoms with Gasteiger partial charge in [-0.3, -0.25) is 9.59 Å². The van der Waals surface area contributed by atoms with Crippen LogP contribution in [-0.2, 0) is 9.59 Å². The lowest BCUT2D eigenvalue weighted by Gasteiger charge is -2.10. The molecule has 1 atom stereocenters. The van der Waals surface area contributed by atoms with E-state index in [2.05, 4.69) is 15.6 Å². The molecule has 1 amide bonds. The van der Waals surface area contributed by atoms with Gasteiger partial charge in [0.1, 0.15) is 0 Å². The number of anilines is 1. The summed E-state index contributed by atoms with van der Waals surface area (Å²) >= 11 is 1.38. The average molecular weight is 285 g/mol. The molecule has 1 rings (SSSR count). The number of amides is 1. The van der Waals surface area contributed by atoms with E-state index < -0.39 is 5.97 Å². The van der Waals surface area contributed by atoms with Crippen LogP contribution < -0.4 is 10.6 Å². The molecular formula is C12H19N3O3S. The zero-order valence-electron chi connectivity index (χ0n) is 10.9. The van der Waals surface area contributed by atoms with Crippen LogP contribution in [0.15, 0.2) is 11.6 Å². The number of aliphatic carboxylic acids is 1. The molecule has 0 aromatic carbocycles. The van der Waals surface area contributed by atoms with E-state index in [1.54, 1.807) is 11.6 Å². The predicted molar refractivity (Wildman–Crippen MR) is 74.3 cm³/mol. The number of carbonyl (C=O) groups is 2. The van der Waals surface area contributed by atoms with Crippen LogP contribution in [-0.4, -0.2) is 35.1 Å². The van der Waals surface area contributed by atoms with Crippen molar-refractivity contribution in [2.24, 2.45) is 5.92 Å². The first-order valence-corrected chi connectivity index (χ1v) is 7.07. The number of hydrogen-bond acceptors (Lipinski definition) is 5. The van der Waals surface area contributed by atoms with Crippen molar-refractivity contribution >= 4 is 28.3 Å². The molecule has 3 N–H and O–H groups in total. The molecule has 6 nitrogen and oxygen atoms in total. The third kappa shape index (κ3) is 7.53. The fraction of sp³-hybridized carbons (Fsp3) is 0.583. The van der Waals surface area contributed by atoms with Crippen LogP contribution in [0.5, 0.6) is 0 Å². The minimum absolute atomic E-state index is 0.117. The van der Waals surface area contributed by atoms with E-state index in [0.717, 1.165) is 6.42 Å². The van der Waals surface area contributed by atoms with Gasteiger partial charge in [0.25, 0.3) is 0 Å². The Morgan fingerprint density at radius 2 is 2.26 bits per heavy atom. The number of carboxylic acids is 1. The van der Waals surface area contributed by atoms with Gasteiger partial charge >= 0.3 is 5.97 Å². The van der Waals surface area contributed by atoms with Crippen LogP contribution in [0.2, 0.25) is 0 Å². The molecule has 1 heterocycles. The molecule has 0 saturated carbocycles. The molecule has 0 aliphatic heterocycles. The molecule has 0 aliphatic carbocycles.